The first-order valence-corrected chi connectivity index (χ1v) is 8.08. The molecule has 2 aromatic carbocycles. The number of carbonyl (C=O) groups is 1. The molecule has 1 N–H and O–H groups in total. The highest BCUT2D eigenvalue weighted by atomic mass is 35.5. The molecule has 0 aliphatic carbocycles. The predicted octanol–water partition coefficient (Wildman–Crippen LogP) is 4.16. The highest BCUT2D eigenvalue weighted by Gasteiger charge is 2.13. The summed E-state index contributed by atoms with van der Waals surface area (Å²) >= 11 is 7.17. The molecule has 0 bridgehead atoms. The van der Waals surface area contributed by atoms with Gasteiger partial charge in [0.05, 0.1) is 10.6 Å². The molecule has 3 aromatic rings. The van der Waals surface area contributed by atoms with E-state index in [9.17, 15) is 9.18 Å². The van der Waals surface area contributed by atoms with Crippen LogP contribution in [0.3, 0.4) is 0 Å². The molecule has 1 aromatic heterocycles. The van der Waals surface area contributed by atoms with E-state index in [1.165, 1.54) is 35.6 Å². The summed E-state index contributed by atoms with van der Waals surface area (Å²) in [6.07, 6.45) is 0. The molecule has 3 rings (SSSR count). The zero-order chi connectivity index (χ0) is 16.9. The molecule has 0 unspecified atom stereocenters. The molecule has 0 fully saturated rings. The van der Waals surface area contributed by atoms with Gasteiger partial charge in [0.1, 0.15) is 18.2 Å². The Morgan fingerprint density at radius 2 is 1.92 bits per heavy atom. The summed E-state index contributed by atoms with van der Waals surface area (Å²) < 4.78 is 18.3. The number of hydrogen-bond acceptors (Lipinski definition) is 5. The van der Waals surface area contributed by atoms with Crippen molar-refractivity contribution < 1.29 is 13.9 Å². The molecule has 8 heteroatoms. The van der Waals surface area contributed by atoms with Crippen LogP contribution in [0, 0.1) is 5.82 Å². The number of benzene rings is 2. The first-order valence-electron chi connectivity index (χ1n) is 6.88. The first-order chi connectivity index (χ1) is 11.6. The Labute approximate surface area is 146 Å². The van der Waals surface area contributed by atoms with Gasteiger partial charge in [-0.25, -0.2) is 4.39 Å². The molecule has 5 nitrogen and oxygen atoms in total. The quantitative estimate of drug-likeness (QED) is 0.739. The normalized spacial score (nSPS) is 10.4. The highest BCUT2D eigenvalue weighted by molar-refractivity contribution is 7.15. The second-order valence-electron chi connectivity index (χ2n) is 4.68. The van der Waals surface area contributed by atoms with Crippen LogP contribution in [0.4, 0.5) is 9.52 Å². The van der Waals surface area contributed by atoms with Crippen LogP contribution in [-0.2, 0) is 6.61 Å². The second-order valence-corrected chi connectivity index (χ2v) is 6.15. The zero-order valence-electron chi connectivity index (χ0n) is 12.2. The monoisotopic (exact) mass is 363 g/mol. The molecule has 0 aliphatic heterocycles. The molecule has 0 saturated heterocycles. The lowest BCUT2D eigenvalue weighted by Crippen LogP contribution is -2.12. The third-order valence-electron chi connectivity index (χ3n) is 2.98. The Balaban J connectivity index is 1.60. The van der Waals surface area contributed by atoms with Crippen molar-refractivity contribution in [2.45, 2.75) is 6.61 Å². The van der Waals surface area contributed by atoms with E-state index >= 15 is 0 Å². The molecule has 0 aliphatic rings. The summed E-state index contributed by atoms with van der Waals surface area (Å²) in [6, 6.07) is 12.4. The average molecular weight is 364 g/mol. The number of carbonyl (C=O) groups excluding carboxylic acids is 1. The van der Waals surface area contributed by atoms with Crippen LogP contribution in [0.5, 0.6) is 5.75 Å². The van der Waals surface area contributed by atoms with Crippen LogP contribution in [0.15, 0.2) is 48.5 Å². The highest BCUT2D eigenvalue weighted by Crippen LogP contribution is 2.21. The number of aromatic nitrogens is 2. The lowest BCUT2D eigenvalue weighted by atomic mass is 10.2. The largest absolute Gasteiger partial charge is 0.486 e. The van der Waals surface area contributed by atoms with E-state index in [4.69, 9.17) is 16.3 Å². The standard InChI is InChI=1S/C16H11ClFN3O2S/c17-13-4-2-1-3-12(13)15(22)19-16-21-20-14(24-16)9-23-11-7-5-10(18)6-8-11/h1-8H,9H2,(H,19,21,22). The van der Waals surface area contributed by atoms with Crippen molar-refractivity contribution in [2.75, 3.05) is 5.32 Å². The van der Waals surface area contributed by atoms with Crippen molar-refractivity contribution in [1.82, 2.24) is 10.2 Å². The van der Waals surface area contributed by atoms with Crippen molar-refractivity contribution >= 4 is 34.0 Å². The molecule has 122 valence electrons. The van der Waals surface area contributed by atoms with Crippen molar-refractivity contribution in [1.29, 1.82) is 0 Å². The number of nitrogens with zero attached hydrogens (tertiary/aromatic N) is 2. The number of amides is 1. The summed E-state index contributed by atoms with van der Waals surface area (Å²) in [5.74, 6) is -0.168. The molecule has 0 saturated carbocycles. The smallest absolute Gasteiger partial charge is 0.259 e. The van der Waals surface area contributed by atoms with Crippen molar-refractivity contribution in [3.63, 3.8) is 0 Å². The van der Waals surface area contributed by atoms with E-state index in [-0.39, 0.29) is 18.3 Å². The van der Waals surface area contributed by atoms with Crippen molar-refractivity contribution in [3.8, 4) is 5.75 Å². The number of nitrogens with one attached hydrogen (secondary N) is 1. The van der Waals surface area contributed by atoms with Crippen molar-refractivity contribution in [3.05, 3.63) is 69.9 Å². The fourth-order valence-corrected chi connectivity index (χ4v) is 2.72. The molecule has 0 atom stereocenters. The Morgan fingerprint density at radius 3 is 2.67 bits per heavy atom. The van der Waals surface area contributed by atoms with Gasteiger partial charge >= 0.3 is 0 Å². The summed E-state index contributed by atoms with van der Waals surface area (Å²) in [6.45, 7) is 0.172. The van der Waals surface area contributed by atoms with E-state index in [1.54, 1.807) is 24.3 Å². The summed E-state index contributed by atoms with van der Waals surface area (Å²) in [4.78, 5) is 12.1. The summed E-state index contributed by atoms with van der Waals surface area (Å²) in [5, 5.41) is 11.8. The molecule has 0 radical (unpaired) electrons. The fourth-order valence-electron chi connectivity index (χ4n) is 1.85. The third kappa shape index (κ3) is 4.06. The van der Waals surface area contributed by atoms with Crippen LogP contribution >= 0.6 is 22.9 Å². The molecular formula is C16H11ClFN3O2S. The second kappa shape index (κ2) is 7.37. The van der Waals surface area contributed by atoms with Gasteiger partial charge in [-0.3, -0.25) is 10.1 Å². The molecule has 0 spiro atoms. The van der Waals surface area contributed by atoms with Gasteiger partial charge in [-0.15, -0.1) is 10.2 Å². The maximum absolute atomic E-state index is 12.8. The fraction of sp³-hybridized carbons (Fsp3) is 0.0625. The lowest BCUT2D eigenvalue weighted by molar-refractivity contribution is 0.102. The van der Waals surface area contributed by atoms with E-state index in [0.29, 0.717) is 26.5 Å². The maximum atomic E-state index is 12.8. The van der Waals surface area contributed by atoms with Gasteiger partial charge in [0.25, 0.3) is 5.91 Å². The molecule has 1 amide bonds. The number of rotatable bonds is 5. The van der Waals surface area contributed by atoms with Gasteiger partial charge in [0.15, 0.2) is 5.01 Å². The number of halogens is 2. The predicted molar refractivity (Wildman–Crippen MR) is 90.0 cm³/mol. The average Bonchev–Trinajstić information content (AvgIpc) is 3.02. The Bertz CT molecular complexity index is 855. The number of ether oxygens (including phenoxy) is 1. The van der Waals surface area contributed by atoms with Gasteiger partial charge in [0.2, 0.25) is 5.13 Å². The van der Waals surface area contributed by atoms with E-state index in [1.807, 2.05) is 0 Å². The van der Waals surface area contributed by atoms with E-state index in [0.717, 1.165) is 0 Å². The lowest BCUT2D eigenvalue weighted by Gasteiger charge is -2.03. The minimum absolute atomic E-state index is 0.172. The van der Waals surface area contributed by atoms with Gasteiger partial charge in [-0.1, -0.05) is 35.1 Å². The van der Waals surface area contributed by atoms with E-state index < -0.39 is 0 Å². The topological polar surface area (TPSA) is 64.1 Å². The number of anilines is 1. The maximum Gasteiger partial charge on any atom is 0.259 e. The minimum atomic E-state index is -0.359. The molecule has 1 heterocycles. The van der Waals surface area contributed by atoms with Gasteiger partial charge in [0, 0.05) is 0 Å². The SMILES string of the molecule is O=C(Nc1nnc(COc2ccc(F)cc2)s1)c1ccccc1Cl. The van der Waals surface area contributed by atoms with E-state index in [2.05, 4.69) is 15.5 Å². The molecule has 24 heavy (non-hydrogen) atoms. The van der Waals surface area contributed by atoms with Gasteiger partial charge in [-0.2, -0.15) is 0 Å². The van der Waals surface area contributed by atoms with Crippen LogP contribution in [0.2, 0.25) is 5.02 Å². The van der Waals surface area contributed by atoms with Gasteiger partial charge in [-0.05, 0) is 36.4 Å². The van der Waals surface area contributed by atoms with Crippen LogP contribution in [-0.4, -0.2) is 16.1 Å². The van der Waals surface area contributed by atoms with Crippen LogP contribution in [0.25, 0.3) is 0 Å². The zero-order valence-corrected chi connectivity index (χ0v) is 13.8. The summed E-state index contributed by atoms with van der Waals surface area (Å²) in [5.41, 5.74) is 0.360. The Hall–Kier alpha value is -2.51. The number of hydrogen-bond donors (Lipinski definition) is 1. The summed E-state index contributed by atoms with van der Waals surface area (Å²) in [7, 11) is 0. The van der Waals surface area contributed by atoms with Crippen LogP contribution < -0.4 is 10.1 Å². The van der Waals surface area contributed by atoms with Crippen molar-refractivity contribution in [2.24, 2.45) is 0 Å². The Morgan fingerprint density at radius 1 is 1.17 bits per heavy atom. The third-order valence-corrected chi connectivity index (χ3v) is 4.12. The first kappa shape index (κ1) is 16.4. The Kier molecular flexibility index (Phi) is 5.02. The van der Waals surface area contributed by atoms with Gasteiger partial charge < -0.3 is 4.74 Å². The minimum Gasteiger partial charge on any atom is -0.486 e. The van der Waals surface area contributed by atoms with Crippen LogP contribution in [0.1, 0.15) is 15.4 Å². The molecular weight excluding hydrogens is 353 g/mol.